The topological polar surface area (TPSA) is 88.3 Å². The molecule has 2 aromatic carbocycles. The molecule has 1 fully saturated rings. The van der Waals surface area contributed by atoms with Gasteiger partial charge in [0.05, 0.1) is 27.8 Å². The molecule has 1 aliphatic rings. The van der Waals surface area contributed by atoms with Crippen molar-refractivity contribution in [3.05, 3.63) is 71.2 Å². The summed E-state index contributed by atoms with van der Waals surface area (Å²) in [6.07, 6.45) is 4.36. The molecule has 182 valence electrons. The van der Waals surface area contributed by atoms with Crippen LogP contribution in [-0.2, 0) is 0 Å². The summed E-state index contributed by atoms with van der Waals surface area (Å²) in [6.45, 7) is 6.49. The van der Waals surface area contributed by atoms with Crippen molar-refractivity contribution >= 4 is 60.6 Å². The number of aryl methyl sites for hydroxylation is 2. The molecule has 0 unspecified atom stereocenters. The van der Waals surface area contributed by atoms with Crippen molar-refractivity contribution in [2.75, 3.05) is 50.5 Å². The summed E-state index contributed by atoms with van der Waals surface area (Å²) in [5.41, 5.74) is 25.9. The lowest BCUT2D eigenvalue weighted by atomic mass is 10.2. The quantitative estimate of drug-likeness (QED) is 0.132. The Morgan fingerprint density at radius 1 is 0.743 bits per heavy atom. The number of rotatable bonds is 10. The second-order valence-corrected chi connectivity index (χ2v) is 10.4. The predicted octanol–water partition coefficient (Wildman–Crippen LogP) is 6.74. The van der Waals surface area contributed by atoms with Gasteiger partial charge in [-0.3, -0.25) is 16.3 Å². The first kappa shape index (κ1) is 23.1. The molecule has 0 amide bonds. The van der Waals surface area contributed by atoms with Gasteiger partial charge in [-0.05, 0) is 86.3 Å². The van der Waals surface area contributed by atoms with Crippen LogP contribution in [0.3, 0.4) is 0 Å². The van der Waals surface area contributed by atoms with Crippen LogP contribution in [0.1, 0.15) is 24.0 Å². The molecular formula is C25H30N8S2. The molecule has 3 heterocycles. The first-order valence-corrected chi connectivity index (χ1v) is 13.4. The van der Waals surface area contributed by atoms with E-state index in [1.54, 1.807) is 28.9 Å². The second-order valence-electron chi connectivity index (χ2n) is 8.48. The fraction of sp³-hybridized carbons (Fsp3) is 0.240. The Balaban J connectivity index is 1.12. The average Bonchev–Trinajstić information content (AvgIpc) is 3.64. The Hall–Kier alpha value is -3.63. The van der Waals surface area contributed by atoms with Crippen molar-refractivity contribution < 1.29 is 0 Å². The van der Waals surface area contributed by atoms with Crippen LogP contribution in [0.4, 0.5) is 37.9 Å². The molecule has 10 heteroatoms. The second kappa shape index (κ2) is 10.7. The summed E-state index contributed by atoms with van der Waals surface area (Å²) in [5, 5.41) is 5.22. The van der Waals surface area contributed by atoms with E-state index < -0.39 is 0 Å². The molecule has 0 saturated carbocycles. The molecule has 0 aliphatic carbocycles. The minimum absolute atomic E-state index is 0.832. The zero-order valence-electron chi connectivity index (χ0n) is 19.8. The highest BCUT2D eigenvalue weighted by molar-refractivity contribution is 7.20. The van der Waals surface area contributed by atoms with E-state index in [-0.39, 0.29) is 0 Å². The van der Waals surface area contributed by atoms with Gasteiger partial charge in [0, 0.05) is 24.7 Å². The molecular weight excluding hydrogens is 476 g/mol. The SMILES string of the molecule is Cc1cc(NNc2ccc(N3CCCC3)s2)ccc1NNc1ccc(NNc2nccs2)c(C)c1. The van der Waals surface area contributed by atoms with Gasteiger partial charge in [0.15, 0.2) is 0 Å². The van der Waals surface area contributed by atoms with Crippen LogP contribution in [0, 0.1) is 13.8 Å². The maximum absolute atomic E-state index is 4.21. The van der Waals surface area contributed by atoms with E-state index in [9.17, 15) is 0 Å². The number of nitrogens with zero attached hydrogens (tertiary/aromatic N) is 2. The van der Waals surface area contributed by atoms with E-state index in [4.69, 9.17) is 0 Å². The number of nitrogens with one attached hydrogen (secondary N) is 6. The van der Waals surface area contributed by atoms with Crippen LogP contribution in [0.2, 0.25) is 0 Å². The Morgan fingerprint density at radius 3 is 2.03 bits per heavy atom. The zero-order valence-corrected chi connectivity index (χ0v) is 21.4. The summed E-state index contributed by atoms with van der Waals surface area (Å²) < 4.78 is 0. The van der Waals surface area contributed by atoms with E-state index in [1.807, 2.05) is 17.5 Å². The monoisotopic (exact) mass is 506 g/mol. The Kier molecular flexibility index (Phi) is 7.10. The Bertz CT molecular complexity index is 1250. The summed E-state index contributed by atoms with van der Waals surface area (Å²) in [4.78, 5) is 6.67. The molecule has 8 nitrogen and oxygen atoms in total. The number of hydrazine groups is 3. The summed E-state index contributed by atoms with van der Waals surface area (Å²) in [5.74, 6) is 0. The third-order valence-corrected chi connectivity index (χ3v) is 7.62. The molecule has 4 aromatic rings. The smallest absolute Gasteiger partial charge is 0.201 e. The highest BCUT2D eigenvalue weighted by atomic mass is 32.1. The third kappa shape index (κ3) is 5.90. The molecule has 5 rings (SSSR count). The van der Waals surface area contributed by atoms with Crippen molar-refractivity contribution in [3.8, 4) is 0 Å². The molecule has 0 radical (unpaired) electrons. The summed E-state index contributed by atoms with van der Waals surface area (Å²) in [7, 11) is 0. The number of anilines is 7. The molecule has 0 spiro atoms. The van der Waals surface area contributed by atoms with Gasteiger partial charge in [0.25, 0.3) is 0 Å². The minimum atomic E-state index is 0.832. The molecule has 1 aliphatic heterocycles. The van der Waals surface area contributed by atoms with E-state index >= 15 is 0 Å². The van der Waals surface area contributed by atoms with Gasteiger partial charge in [-0.1, -0.05) is 11.3 Å². The lowest BCUT2D eigenvalue weighted by Crippen LogP contribution is -2.15. The van der Waals surface area contributed by atoms with Crippen LogP contribution in [0.25, 0.3) is 0 Å². The summed E-state index contributed by atoms with van der Waals surface area (Å²) >= 11 is 3.34. The fourth-order valence-electron chi connectivity index (χ4n) is 3.94. The van der Waals surface area contributed by atoms with Crippen LogP contribution in [-0.4, -0.2) is 18.1 Å². The standard InChI is InChI=1S/C25H30N8S2/c1-17-16-20(28-31-23-9-10-24(35-23)33-12-3-4-13-33)6-7-21(17)29-27-19-5-8-22(18(2)15-19)30-32-25-26-11-14-34-25/h5-11,14-16,27-31H,3-4,12-13H2,1-2H3,(H,26,32). The normalized spacial score (nSPS) is 12.9. The van der Waals surface area contributed by atoms with E-state index in [0.717, 1.165) is 44.0 Å². The third-order valence-electron chi connectivity index (χ3n) is 5.87. The maximum atomic E-state index is 4.21. The van der Waals surface area contributed by atoms with E-state index in [2.05, 4.69) is 92.7 Å². The van der Waals surface area contributed by atoms with Gasteiger partial charge >= 0.3 is 0 Å². The van der Waals surface area contributed by atoms with E-state index in [1.165, 1.54) is 30.9 Å². The Labute approximate surface area is 213 Å². The van der Waals surface area contributed by atoms with Crippen LogP contribution >= 0.6 is 22.7 Å². The molecule has 1 saturated heterocycles. The van der Waals surface area contributed by atoms with Gasteiger partial charge in [0.1, 0.15) is 5.00 Å². The maximum Gasteiger partial charge on any atom is 0.201 e. The molecule has 0 atom stereocenters. The average molecular weight is 507 g/mol. The van der Waals surface area contributed by atoms with Crippen molar-refractivity contribution in [1.82, 2.24) is 4.98 Å². The van der Waals surface area contributed by atoms with Crippen molar-refractivity contribution in [2.45, 2.75) is 26.7 Å². The minimum Gasteiger partial charge on any atom is -0.363 e. The lowest BCUT2D eigenvalue weighted by molar-refractivity contribution is 0.949. The van der Waals surface area contributed by atoms with Crippen molar-refractivity contribution in [1.29, 1.82) is 0 Å². The van der Waals surface area contributed by atoms with Gasteiger partial charge < -0.3 is 21.2 Å². The molecule has 35 heavy (non-hydrogen) atoms. The van der Waals surface area contributed by atoms with Crippen LogP contribution in [0.15, 0.2) is 60.1 Å². The highest BCUT2D eigenvalue weighted by Crippen LogP contribution is 2.32. The lowest BCUT2D eigenvalue weighted by Gasteiger charge is -2.16. The number of hydrogen-bond acceptors (Lipinski definition) is 10. The first-order valence-electron chi connectivity index (χ1n) is 11.7. The predicted molar refractivity (Wildman–Crippen MR) is 152 cm³/mol. The van der Waals surface area contributed by atoms with Gasteiger partial charge in [0.2, 0.25) is 5.13 Å². The molecule has 2 aromatic heterocycles. The van der Waals surface area contributed by atoms with Gasteiger partial charge in [-0.2, -0.15) is 0 Å². The number of benzene rings is 2. The first-order chi connectivity index (χ1) is 17.1. The van der Waals surface area contributed by atoms with Crippen LogP contribution < -0.4 is 37.5 Å². The van der Waals surface area contributed by atoms with E-state index in [0.29, 0.717) is 0 Å². The number of aromatic nitrogens is 1. The van der Waals surface area contributed by atoms with Gasteiger partial charge in [-0.15, -0.1) is 11.3 Å². The largest absolute Gasteiger partial charge is 0.363 e. The fourth-order valence-corrected chi connectivity index (χ4v) is 5.34. The number of thiazole rings is 1. The Morgan fingerprint density at radius 2 is 1.40 bits per heavy atom. The zero-order chi connectivity index (χ0) is 24.0. The van der Waals surface area contributed by atoms with Crippen molar-refractivity contribution in [3.63, 3.8) is 0 Å². The van der Waals surface area contributed by atoms with Crippen molar-refractivity contribution in [2.24, 2.45) is 0 Å². The molecule has 0 bridgehead atoms. The highest BCUT2D eigenvalue weighted by Gasteiger charge is 2.14. The number of hydrogen-bond donors (Lipinski definition) is 6. The molecule has 6 N–H and O–H groups in total. The number of thiophene rings is 1. The summed E-state index contributed by atoms with van der Waals surface area (Å²) in [6, 6.07) is 16.7. The van der Waals surface area contributed by atoms with Crippen LogP contribution in [0.5, 0.6) is 0 Å². The van der Waals surface area contributed by atoms with Gasteiger partial charge in [-0.25, -0.2) is 4.98 Å².